The van der Waals surface area contributed by atoms with Crippen molar-refractivity contribution >= 4 is 5.91 Å². The van der Waals surface area contributed by atoms with Crippen LogP contribution >= 0.6 is 0 Å². The Morgan fingerprint density at radius 3 is 3.05 bits per heavy atom. The summed E-state index contributed by atoms with van der Waals surface area (Å²) in [5.74, 6) is 0.843. The molecule has 2 bridgehead atoms. The van der Waals surface area contributed by atoms with E-state index < -0.39 is 0 Å². The Labute approximate surface area is 113 Å². The van der Waals surface area contributed by atoms with Gasteiger partial charge in [-0.3, -0.25) is 4.79 Å². The van der Waals surface area contributed by atoms with Crippen LogP contribution in [0.15, 0.2) is 24.3 Å². The highest BCUT2D eigenvalue weighted by Gasteiger charge is 2.52. The molecule has 0 radical (unpaired) electrons. The third kappa shape index (κ3) is 1.57. The van der Waals surface area contributed by atoms with Gasteiger partial charge in [0.15, 0.2) is 0 Å². The van der Waals surface area contributed by atoms with E-state index in [4.69, 9.17) is 0 Å². The maximum absolute atomic E-state index is 12.1. The molecule has 1 aliphatic carbocycles. The SMILES string of the molecule is O=C1CC23CCNC(Cc4ccccc42)C3CCN1. The first-order valence-electron chi connectivity index (χ1n) is 7.38. The number of nitrogens with one attached hydrogen (secondary N) is 2. The number of hydrogen-bond donors (Lipinski definition) is 2. The Bertz CT molecular complexity index is 527. The van der Waals surface area contributed by atoms with Crippen LogP contribution in [-0.4, -0.2) is 25.0 Å². The molecule has 0 spiro atoms. The zero-order valence-corrected chi connectivity index (χ0v) is 11.1. The minimum absolute atomic E-state index is 0.0886. The maximum Gasteiger partial charge on any atom is 0.220 e. The zero-order valence-electron chi connectivity index (χ0n) is 11.1. The maximum atomic E-state index is 12.1. The molecular formula is C16H20N2O. The van der Waals surface area contributed by atoms with E-state index in [0.717, 1.165) is 32.4 Å². The van der Waals surface area contributed by atoms with Crippen molar-refractivity contribution in [2.24, 2.45) is 5.92 Å². The minimum atomic E-state index is 0.0886. The Balaban J connectivity index is 1.90. The predicted molar refractivity (Wildman–Crippen MR) is 74.0 cm³/mol. The molecule has 2 heterocycles. The van der Waals surface area contributed by atoms with Gasteiger partial charge in [-0.15, -0.1) is 0 Å². The highest BCUT2D eigenvalue weighted by molar-refractivity contribution is 5.78. The van der Waals surface area contributed by atoms with Crippen molar-refractivity contribution in [1.82, 2.24) is 10.6 Å². The van der Waals surface area contributed by atoms with Crippen molar-refractivity contribution < 1.29 is 4.79 Å². The average Bonchev–Trinajstić information content (AvgIpc) is 2.58. The van der Waals surface area contributed by atoms with E-state index in [1.807, 2.05) is 0 Å². The van der Waals surface area contributed by atoms with Crippen molar-refractivity contribution in [2.45, 2.75) is 37.1 Å². The van der Waals surface area contributed by atoms with Crippen LogP contribution in [0.5, 0.6) is 0 Å². The number of benzene rings is 1. The third-order valence-electron chi connectivity index (χ3n) is 5.42. The van der Waals surface area contributed by atoms with Crippen LogP contribution in [0.3, 0.4) is 0 Å². The second-order valence-electron chi connectivity index (χ2n) is 6.25. The smallest absolute Gasteiger partial charge is 0.220 e. The monoisotopic (exact) mass is 256 g/mol. The molecule has 3 heteroatoms. The van der Waals surface area contributed by atoms with Crippen LogP contribution in [0.2, 0.25) is 0 Å². The second kappa shape index (κ2) is 4.07. The summed E-state index contributed by atoms with van der Waals surface area (Å²) < 4.78 is 0. The fourth-order valence-electron chi connectivity index (χ4n) is 4.67. The van der Waals surface area contributed by atoms with E-state index in [0.29, 0.717) is 18.4 Å². The number of carbonyl (C=O) groups excluding carboxylic acids is 1. The van der Waals surface area contributed by atoms with Crippen LogP contribution in [-0.2, 0) is 16.6 Å². The van der Waals surface area contributed by atoms with Crippen molar-refractivity contribution in [1.29, 1.82) is 0 Å². The van der Waals surface area contributed by atoms with E-state index in [2.05, 4.69) is 34.9 Å². The topological polar surface area (TPSA) is 41.1 Å². The van der Waals surface area contributed by atoms with E-state index >= 15 is 0 Å². The Kier molecular flexibility index (Phi) is 2.46. The van der Waals surface area contributed by atoms with Gasteiger partial charge in [0, 0.05) is 24.4 Å². The van der Waals surface area contributed by atoms with Crippen LogP contribution < -0.4 is 10.6 Å². The van der Waals surface area contributed by atoms with Gasteiger partial charge < -0.3 is 10.6 Å². The van der Waals surface area contributed by atoms with Gasteiger partial charge in [-0.1, -0.05) is 24.3 Å². The second-order valence-corrected chi connectivity index (χ2v) is 6.25. The van der Waals surface area contributed by atoms with Crippen LogP contribution in [0.1, 0.15) is 30.4 Å². The molecule has 0 saturated carbocycles. The Morgan fingerprint density at radius 2 is 2.11 bits per heavy atom. The van der Waals surface area contributed by atoms with Crippen LogP contribution in [0.4, 0.5) is 0 Å². The number of rotatable bonds is 0. The van der Waals surface area contributed by atoms with E-state index in [1.54, 1.807) is 0 Å². The number of piperidine rings is 1. The first-order valence-corrected chi connectivity index (χ1v) is 7.38. The molecule has 2 N–H and O–H groups in total. The lowest BCUT2D eigenvalue weighted by atomic mass is 9.56. The molecule has 1 amide bonds. The molecule has 4 rings (SSSR count). The normalized spacial score (nSPS) is 36.7. The number of hydrogen-bond acceptors (Lipinski definition) is 2. The fraction of sp³-hybridized carbons (Fsp3) is 0.562. The molecule has 1 aromatic carbocycles. The summed E-state index contributed by atoms with van der Waals surface area (Å²) in [5, 5.41) is 6.76. The highest BCUT2D eigenvalue weighted by Crippen LogP contribution is 2.50. The first-order chi connectivity index (χ1) is 9.29. The molecule has 1 aromatic rings. The van der Waals surface area contributed by atoms with Gasteiger partial charge in [0.1, 0.15) is 0 Å². The van der Waals surface area contributed by atoms with Gasteiger partial charge in [-0.2, -0.15) is 0 Å². The van der Waals surface area contributed by atoms with E-state index in [1.165, 1.54) is 11.1 Å². The molecule has 100 valence electrons. The zero-order chi connectivity index (χ0) is 12.9. The van der Waals surface area contributed by atoms with Crippen molar-refractivity contribution in [3.63, 3.8) is 0 Å². The fourth-order valence-corrected chi connectivity index (χ4v) is 4.67. The lowest BCUT2D eigenvalue weighted by Crippen LogP contribution is -2.58. The molecule has 3 unspecified atom stereocenters. The number of amides is 1. The van der Waals surface area contributed by atoms with Crippen LogP contribution in [0, 0.1) is 5.92 Å². The number of carbonyl (C=O) groups is 1. The summed E-state index contributed by atoms with van der Waals surface area (Å²) in [4.78, 5) is 12.1. The van der Waals surface area contributed by atoms with Gasteiger partial charge in [0.25, 0.3) is 0 Å². The minimum Gasteiger partial charge on any atom is -0.356 e. The first kappa shape index (κ1) is 11.5. The molecule has 3 atom stereocenters. The van der Waals surface area contributed by atoms with Gasteiger partial charge in [-0.05, 0) is 42.9 Å². The Morgan fingerprint density at radius 1 is 1.21 bits per heavy atom. The van der Waals surface area contributed by atoms with Crippen molar-refractivity contribution in [3.05, 3.63) is 35.4 Å². The molecular weight excluding hydrogens is 236 g/mol. The standard InChI is InChI=1S/C16H20N2O/c19-15-10-16-6-8-17-14(13(16)5-7-18-15)9-11-3-1-2-4-12(11)16/h1-4,13-14,17H,5-10H2,(H,18,19). The molecule has 3 aliphatic rings. The van der Waals surface area contributed by atoms with Gasteiger partial charge in [0.2, 0.25) is 5.91 Å². The quantitative estimate of drug-likeness (QED) is 0.736. The molecule has 3 nitrogen and oxygen atoms in total. The van der Waals surface area contributed by atoms with Gasteiger partial charge >= 0.3 is 0 Å². The number of fused-ring (bicyclic) bond motifs is 1. The largest absolute Gasteiger partial charge is 0.356 e. The Hall–Kier alpha value is -1.35. The summed E-state index contributed by atoms with van der Waals surface area (Å²) >= 11 is 0. The molecule has 19 heavy (non-hydrogen) atoms. The van der Waals surface area contributed by atoms with E-state index in [9.17, 15) is 4.79 Å². The van der Waals surface area contributed by atoms with Crippen molar-refractivity contribution in [2.75, 3.05) is 13.1 Å². The molecule has 2 aliphatic heterocycles. The predicted octanol–water partition coefficient (Wildman–Crippen LogP) is 1.37. The van der Waals surface area contributed by atoms with Crippen LogP contribution in [0.25, 0.3) is 0 Å². The molecule has 0 aromatic heterocycles. The summed E-state index contributed by atoms with van der Waals surface area (Å²) in [7, 11) is 0. The molecule has 2 saturated heterocycles. The summed E-state index contributed by atoms with van der Waals surface area (Å²) in [6, 6.07) is 9.33. The van der Waals surface area contributed by atoms with Gasteiger partial charge in [-0.25, -0.2) is 0 Å². The summed E-state index contributed by atoms with van der Waals surface area (Å²) in [5.41, 5.74) is 2.99. The third-order valence-corrected chi connectivity index (χ3v) is 5.42. The van der Waals surface area contributed by atoms with Gasteiger partial charge in [0.05, 0.1) is 0 Å². The lowest BCUT2D eigenvalue weighted by Gasteiger charge is -2.52. The van der Waals surface area contributed by atoms with Crippen molar-refractivity contribution in [3.8, 4) is 0 Å². The van der Waals surface area contributed by atoms with E-state index in [-0.39, 0.29) is 11.3 Å². The highest BCUT2D eigenvalue weighted by atomic mass is 16.1. The summed E-state index contributed by atoms with van der Waals surface area (Å²) in [6.07, 6.45) is 4.00. The lowest BCUT2D eigenvalue weighted by molar-refractivity contribution is -0.122. The average molecular weight is 256 g/mol. The summed E-state index contributed by atoms with van der Waals surface area (Å²) in [6.45, 7) is 1.88. The molecule has 2 fully saturated rings.